The minimum absolute atomic E-state index is 0.0519. The number of anilines is 1. The Morgan fingerprint density at radius 3 is 2.09 bits per heavy atom. The smallest absolute Gasteiger partial charge is 0.291 e. The van der Waals surface area contributed by atoms with Gasteiger partial charge in [0, 0.05) is 17.8 Å². The molecule has 0 saturated carbocycles. The van der Waals surface area contributed by atoms with E-state index in [2.05, 4.69) is 5.32 Å². The first-order valence-corrected chi connectivity index (χ1v) is 6.83. The van der Waals surface area contributed by atoms with Crippen LogP contribution in [-0.2, 0) is 0 Å². The quantitative estimate of drug-likeness (QED) is 0.580. The third-order valence-corrected chi connectivity index (χ3v) is 3.30. The van der Waals surface area contributed by atoms with Crippen LogP contribution in [-0.4, -0.2) is 10.8 Å². The fraction of sp³-hybridized carbons (Fsp3) is 0. The summed E-state index contributed by atoms with van der Waals surface area (Å²) in [5, 5.41) is 13.4. The summed E-state index contributed by atoms with van der Waals surface area (Å²) in [6.45, 7) is 0. The third-order valence-electron chi connectivity index (χ3n) is 3.30. The Morgan fingerprint density at radius 2 is 1.57 bits per heavy atom. The van der Waals surface area contributed by atoms with Gasteiger partial charge < -0.3 is 9.73 Å². The van der Waals surface area contributed by atoms with E-state index < -0.39 is 4.92 Å². The molecule has 114 valence electrons. The van der Waals surface area contributed by atoms with Crippen molar-refractivity contribution in [3.63, 3.8) is 0 Å². The predicted molar refractivity (Wildman–Crippen MR) is 85.2 cm³/mol. The van der Waals surface area contributed by atoms with Crippen LogP contribution in [0.15, 0.2) is 71.3 Å². The molecule has 0 aliphatic heterocycles. The second kappa shape index (κ2) is 6.15. The van der Waals surface area contributed by atoms with Gasteiger partial charge in [-0.15, -0.1) is 0 Å². The molecule has 0 spiro atoms. The van der Waals surface area contributed by atoms with Gasteiger partial charge in [-0.1, -0.05) is 12.1 Å². The summed E-state index contributed by atoms with van der Waals surface area (Å²) >= 11 is 0. The Bertz CT molecular complexity index is 822. The molecule has 1 amide bonds. The molecule has 23 heavy (non-hydrogen) atoms. The highest BCUT2D eigenvalue weighted by Crippen LogP contribution is 2.24. The lowest BCUT2D eigenvalue weighted by Gasteiger charge is -2.05. The zero-order chi connectivity index (χ0) is 16.2. The summed E-state index contributed by atoms with van der Waals surface area (Å²) in [7, 11) is 0. The van der Waals surface area contributed by atoms with Gasteiger partial charge in [0.15, 0.2) is 5.76 Å². The number of hydrogen-bond acceptors (Lipinski definition) is 4. The summed E-state index contributed by atoms with van der Waals surface area (Å²) in [6, 6.07) is 16.7. The van der Waals surface area contributed by atoms with Crippen LogP contribution in [0.2, 0.25) is 0 Å². The normalized spacial score (nSPS) is 10.3. The first kappa shape index (κ1) is 14.5. The van der Waals surface area contributed by atoms with Gasteiger partial charge in [-0.3, -0.25) is 14.9 Å². The Labute approximate surface area is 131 Å². The van der Waals surface area contributed by atoms with Crippen molar-refractivity contribution >= 4 is 17.3 Å². The SMILES string of the molecule is O=C(Nc1ccc(-c2ccc([N+](=O)[O-])cc2)cc1)c1ccco1. The van der Waals surface area contributed by atoms with Crippen LogP contribution in [0.5, 0.6) is 0 Å². The van der Waals surface area contributed by atoms with Crippen LogP contribution in [0.25, 0.3) is 11.1 Å². The van der Waals surface area contributed by atoms with Gasteiger partial charge in [-0.25, -0.2) is 0 Å². The maximum absolute atomic E-state index is 11.9. The van der Waals surface area contributed by atoms with Crippen molar-refractivity contribution in [3.8, 4) is 11.1 Å². The molecule has 0 fully saturated rings. The predicted octanol–water partition coefficient (Wildman–Crippen LogP) is 4.11. The fourth-order valence-electron chi connectivity index (χ4n) is 2.12. The lowest BCUT2D eigenvalue weighted by Crippen LogP contribution is -2.10. The molecule has 1 heterocycles. The molecule has 2 aromatic carbocycles. The molecule has 6 heteroatoms. The molecule has 3 aromatic rings. The lowest BCUT2D eigenvalue weighted by atomic mass is 10.1. The number of carbonyl (C=O) groups is 1. The molecule has 6 nitrogen and oxygen atoms in total. The summed E-state index contributed by atoms with van der Waals surface area (Å²) in [5.74, 6) is -0.0810. The van der Waals surface area contributed by atoms with Crippen LogP contribution in [0.1, 0.15) is 10.6 Å². The van der Waals surface area contributed by atoms with Crippen molar-refractivity contribution in [3.05, 3.63) is 82.8 Å². The van der Waals surface area contributed by atoms with Crippen LogP contribution < -0.4 is 5.32 Å². The number of amides is 1. The average molecular weight is 308 g/mol. The molecule has 0 aliphatic carbocycles. The molecule has 0 unspecified atom stereocenters. The van der Waals surface area contributed by atoms with Gasteiger partial charge in [0.05, 0.1) is 11.2 Å². The van der Waals surface area contributed by atoms with E-state index in [1.54, 1.807) is 36.4 Å². The zero-order valence-electron chi connectivity index (χ0n) is 11.9. The van der Waals surface area contributed by atoms with E-state index in [4.69, 9.17) is 4.42 Å². The minimum Gasteiger partial charge on any atom is -0.459 e. The van der Waals surface area contributed by atoms with Crippen LogP contribution >= 0.6 is 0 Å². The number of nitrogens with zero attached hydrogens (tertiary/aromatic N) is 1. The van der Waals surface area contributed by atoms with Crippen LogP contribution in [0.3, 0.4) is 0 Å². The number of carbonyl (C=O) groups excluding carboxylic acids is 1. The van der Waals surface area contributed by atoms with Crippen molar-refractivity contribution in [2.45, 2.75) is 0 Å². The van der Waals surface area contributed by atoms with Gasteiger partial charge in [-0.05, 0) is 47.5 Å². The Hall–Kier alpha value is -3.41. The van der Waals surface area contributed by atoms with Crippen LogP contribution in [0, 0.1) is 10.1 Å². The number of nitrogens with one attached hydrogen (secondary N) is 1. The molecule has 0 radical (unpaired) electrons. The number of nitro groups is 1. The van der Waals surface area contributed by atoms with Gasteiger partial charge in [-0.2, -0.15) is 0 Å². The van der Waals surface area contributed by atoms with E-state index in [9.17, 15) is 14.9 Å². The highest BCUT2D eigenvalue weighted by Gasteiger charge is 2.09. The maximum atomic E-state index is 11.9. The Morgan fingerprint density at radius 1 is 0.957 bits per heavy atom. The van der Waals surface area contributed by atoms with E-state index >= 15 is 0 Å². The highest BCUT2D eigenvalue weighted by atomic mass is 16.6. The molecule has 0 aliphatic rings. The first-order valence-electron chi connectivity index (χ1n) is 6.83. The number of hydrogen-bond donors (Lipinski definition) is 1. The summed E-state index contributed by atoms with van der Waals surface area (Å²) in [5.41, 5.74) is 2.45. The highest BCUT2D eigenvalue weighted by molar-refractivity contribution is 6.02. The number of nitro benzene ring substituents is 1. The third kappa shape index (κ3) is 3.26. The molecule has 0 bridgehead atoms. The standard InChI is InChI=1S/C17H12N2O4/c20-17(16-2-1-11-23-16)18-14-7-3-12(4-8-14)13-5-9-15(10-6-13)19(21)22/h1-11H,(H,18,20). The number of benzene rings is 2. The van der Waals surface area contributed by atoms with E-state index in [1.807, 2.05) is 12.1 Å². The van der Waals surface area contributed by atoms with E-state index in [1.165, 1.54) is 18.4 Å². The monoisotopic (exact) mass is 308 g/mol. The maximum Gasteiger partial charge on any atom is 0.291 e. The van der Waals surface area contributed by atoms with Gasteiger partial charge >= 0.3 is 0 Å². The van der Waals surface area contributed by atoms with Crippen molar-refractivity contribution in [1.29, 1.82) is 0 Å². The van der Waals surface area contributed by atoms with Gasteiger partial charge in [0.2, 0.25) is 0 Å². The largest absolute Gasteiger partial charge is 0.459 e. The van der Waals surface area contributed by atoms with Crippen molar-refractivity contribution in [2.24, 2.45) is 0 Å². The first-order chi connectivity index (χ1) is 11.1. The van der Waals surface area contributed by atoms with Gasteiger partial charge in [0.25, 0.3) is 11.6 Å². The minimum atomic E-state index is -0.433. The van der Waals surface area contributed by atoms with E-state index in [0.717, 1.165) is 11.1 Å². The number of non-ortho nitro benzene ring substituents is 1. The second-order valence-electron chi connectivity index (χ2n) is 4.81. The number of furan rings is 1. The molecule has 1 aromatic heterocycles. The van der Waals surface area contributed by atoms with Crippen LogP contribution in [0.4, 0.5) is 11.4 Å². The average Bonchev–Trinajstić information content (AvgIpc) is 3.10. The van der Waals surface area contributed by atoms with E-state index in [-0.39, 0.29) is 17.4 Å². The molecular formula is C17H12N2O4. The summed E-state index contributed by atoms with van der Waals surface area (Å²) in [4.78, 5) is 22.1. The Balaban J connectivity index is 1.74. The summed E-state index contributed by atoms with van der Waals surface area (Å²) in [6.07, 6.45) is 1.44. The second-order valence-corrected chi connectivity index (χ2v) is 4.81. The molecule has 3 rings (SSSR count). The molecule has 0 saturated heterocycles. The lowest BCUT2D eigenvalue weighted by molar-refractivity contribution is -0.384. The van der Waals surface area contributed by atoms with E-state index in [0.29, 0.717) is 5.69 Å². The molecule has 0 atom stereocenters. The Kier molecular flexibility index (Phi) is 3.88. The van der Waals surface area contributed by atoms with Crippen molar-refractivity contribution in [2.75, 3.05) is 5.32 Å². The topological polar surface area (TPSA) is 85.4 Å². The fourth-order valence-corrected chi connectivity index (χ4v) is 2.12. The molecule has 1 N–H and O–H groups in total. The van der Waals surface area contributed by atoms with Gasteiger partial charge in [0.1, 0.15) is 0 Å². The number of rotatable bonds is 4. The van der Waals surface area contributed by atoms with Crippen molar-refractivity contribution < 1.29 is 14.1 Å². The molecular weight excluding hydrogens is 296 g/mol. The van der Waals surface area contributed by atoms with Crippen molar-refractivity contribution in [1.82, 2.24) is 0 Å². The zero-order valence-corrected chi connectivity index (χ0v) is 11.9. The summed E-state index contributed by atoms with van der Waals surface area (Å²) < 4.78 is 5.02.